The van der Waals surface area contributed by atoms with Gasteiger partial charge in [-0.25, -0.2) is 4.79 Å². The molecule has 0 spiro atoms. The smallest absolute Gasteiger partial charge is 0.379 e. The van der Waals surface area contributed by atoms with E-state index >= 15 is 0 Å². The average Bonchev–Trinajstić information content (AvgIpc) is 2.93. The number of rotatable bonds is 27. The van der Waals surface area contributed by atoms with Crippen molar-refractivity contribution in [2.45, 2.75) is 0 Å². The van der Waals surface area contributed by atoms with Crippen LogP contribution in [0.4, 0.5) is 0 Å². The number of carbonyl (C=O) groups is 2. The van der Waals surface area contributed by atoms with Gasteiger partial charge in [0, 0.05) is 5.56 Å². The quantitative estimate of drug-likeness (QED) is 0.0546. The predicted octanol–water partition coefficient (Wildman–Crippen LogP) is 1.69. The van der Waals surface area contributed by atoms with E-state index in [2.05, 4.69) is 6.58 Å². The van der Waals surface area contributed by atoms with Crippen LogP contribution in [0.3, 0.4) is 0 Å². The molecule has 0 bridgehead atoms. The lowest BCUT2D eigenvalue weighted by atomic mass is 10.1. The van der Waals surface area contributed by atoms with Crippen molar-refractivity contribution in [1.82, 2.24) is 0 Å². The van der Waals surface area contributed by atoms with Crippen LogP contribution in [-0.2, 0) is 47.4 Å². The highest BCUT2D eigenvalue weighted by Crippen LogP contribution is 2.01. The number of carbonyl (C=O) groups excluding carboxylic acids is 2. The van der Waals surface area contributed by atoms with E-state index in [1.165, 1.54) is 6.26 Å². The van der Waals surface area contributed by atoms with Crippen LogP contribution < -0.4 is 0 Å². The molecule has 0 atom stereocenters. The molecule has 1 aromatic carbocycles. The molecule has 0 aliphatic heterocycles. The molecule has 210 valence electrons. The van der Waals surface area contributed by atoms with E-state index < -0.39 is 11.8 Å². The van der Waals surface area contributed by atoms with E-state index in [1.54, 1.807) is 30.3 Å². The summed E-state index contributed by atoms with van der Waals surface area (Å²) in [5.41, 5.74) is 0.298. The SMILES string of the molecule is C=COCCOCCOCCOCCOCCOCCOCCOCCOC(=O)C(=O)c1ccccc1. The van der Waals surface area contributed by atoms with Crippen LogP contribution in [0.15, 0.2) is 43.2 Å². The largest absolute Gasteiger partial charge is 0.499 e. The maximum atomic E-state index is 11.8. The monoisotopic (exact) mass is 528 g/mol. The number of ether oxygens (including phenoxy) is 9. The molecule has 0 unspecified atom stereocenters. The molecule has 0 radical (unpaired) electrons. The van der Waals surface area contributed by atoms with Gasteiger partial charge in [0.15, 0.2) is 0 Å². The van der Waals surface area contributed by atoms with Crippen molar-refractivity contribution in [3.8, 4) is 0 Å². The minimum atomic E-state index is -0.894. The van der Waals surface area contributed by atoms with Gasteiger partial charge in [0.25, 0.3) is 5.78 Å². The number of Topliss-reactive ketones (excluding diaryl/α,β-unsaturated/α-hetero) is 1. The molecule has 1 aromatic rings. The minimum absolute atomic E-state index is 0.00220. The molecule has 0 aliphatic rings. The summed E-state index contributed by atoms with van der Waals surface area (Å²) in [6.07, 6.45) is 1.39. The Morgan fingerprint density at radius 2 is 0.892 bits per heavy atom. The van der Waals surface area contributed by atoms with Gasteiger partial charge >= 0.3 is 5.97 Å². The van der Waals surface area contributed by atoms with E-state index in [0.29, 0.717) is 98.1 Å². The van der Waals surface area contributed by atoms with Gasteiger partial charge in [0.2, 0.25) is 0 Å². The topological polar surface area (TPSA) is 117 Å². The fraction of sp³-hybridized carbons (Fsp3) is 0.615. The fourth-order valence-electron chi connectivity index (χ4n) is 2.58. The van der Waals surface area contributed by atoms with Crippen LogP contribution in [0.1, 0.15) is 10.4 Å². The lowest BCUT2D eigenvalue weighted by Crippen LogP contribution is -2.20. The Hall–Kier alpha value is -2.38. The molecular weight excluding hydrogens is 488 g/mol. The van der Waals surface area contributed by atoms with Crippen molar-refractivity contribution < 1.29 is 52.2 Å². The molecule has 0 saturated carbocycles. The first-order valence-electron chi connectivity index (χ1n) is 12.3. The highest BCUT2D eigenvalue weighted by molar-refractivity contribution is 6.40. The van der Waals surface area contributed by atoms with Crippen molar-refractivity contribution in [3.05, 3.63) is 48.7 Å². The standard InChI is InChI=1S/C26H40O11/c1-2-29-8-9-30-10-11-31-12-13-32-14-15-33-16-17-34-18-19-35-20-21-36-22-23-37-26(28)25(27)24-6-4-3-5-7-24/h2-7H,1,8-23H2. The Balaban J connectivity index is 1.72. The van der Waals surface area contributed by atoms with Gasteiger partial charge in [-0.15, -0.1) is 0 Å². The predicted molar refractivity (Wildman–Crippen MR) is 134 cm³/mol. The summed E-state index contributed by atoms with van der Waals surface area (Å²) in [6.45, 7) is 10.2. The van der Waals surface area contributed by atoms with Gasteiger partial charge in [-0.2, -0.15) is 0 Å². The van der Waals surface area contributed by atoms with Crippen LogP contribution in [0, 0.1) is 0 Å². The zero-order valence-electron chi connectivity index (χ0n) is 21.5. The zero-order chi connectivity index (χ0) is 26.7. The number of hydrogen-bond donors (Lipinski definition) is 0. The molecule has 0 amide bonds. The van der Waals surface area contributed by atoms with E-state index in [4.69, 9.17) is 42.6 Å². The summed E-state index contributed by atoms with van der Waals surface area (Å²) in [5, 5.41) is 0. The lowest BCUT2D eigenvalue weighted by molar-refractivity contribution is -0.139. The third-order valence-corrected chi connectivity index (χ3v) is 4.38. The third-order valence-electron chi connectivity index (χ3n) is 4.38. The maximum Gasteiger partial charge on any atom is 0.379 e. The molecular formula is C26H40O11. The fourth-order valence-corrected chi connectivity index (χ4v) is 2.58. The number of esters is 1. The summed E-state index contributed by atoms with van der Waals surface area (Å²) >= 11 is 0. The molecule has 0 heterocycles. The van der Waals surface area contributed by atoms with Gasteiger partial charge in [0.1, 0.15) is 13.2 Å². The molecule has 0 aromatic heterocycles. The average molecular weight is 529 g/mol. The first kappa shape index (κ1) is 32.6. The molecule has 37 heavy (non-hydrogen) atoms. The molecule has 0 aliphatic carbocycles. The molecule has 1 rings (SSSR count). The second-order valence-corrected chi connectivity index (χ2v) is 7.16. The normalized spacial score (nSPS) is 10.8. The Morgan fingerprint density at radius 3 is 1.27 bits per heavy atom. The summed E-state index contributed by atoms with van der Waals surface area (Å²) in [5.74, 6) is -1.57. The van der Waals surface area contributed by atoms with Crippen molar-refractivity contribution in [1.29, 1.82) is 0 Å². The third kappa shape index (κ3) is 20.4. The molecule has 0 saturated heterocycles. The number of ketones is 1. The highest BCUT2D eigenvalue weighted by atomic mass is 16.6. The van der Waals surface area contributed by atoms with Gasteiger partial charge < -0.3 is 42.6 Å². The summed E-state index contributed by atoms with van der Waals surface area (Å²) in [6, 6.07) is 8.26. The minimum Gasteiger partial charge on any atom is -0.499 e. The van der Waals surface area contributed by atoms with Crippen LogP contribution in [-0.4, -0.2) is 117 Å². The van der Waals surface area contributed by atoms with Gasteiger partial charge in [-0.1, -0.05) is 36.9 Å². The first-order chi connectivity index (χ1) is 18.3. The summed E-state index contributed by atoms with van der Waals surface area (Å²) in [7, 11) is 0. The second kappa shape index (κ2) is 25.3. The Kier molecular flexibility index (Phi) is 22.3. The number of benzene rings is 1. The van der Waals surface area contributed by atoms with Crippen LogP contribution >= 0.6 is 0 Å². The van der Waals surface area contributed by atoms with Gasteiger partial charge in [-0.3, -0.25) is 4.79 Å². The van der Waals surface area contributed by atoms with Crippen LogP contribution in [0.5, 0.6) is 0 Å². The van der Waals surface area contributed by atoms with Gasteiger partial charge in [-0.05, 0) is 0 Å². The van der Waals surface area contributed by atoms with Crippen molar-refractivity contribution in [2.75, 3.05) is 106 Å². The molecule has 0 fully saturated rings. The van der Waals surface area contributed by atoms with Crippen molar-refractivity contribution in [2.24, 2.45) is 0 Å². The number of hydrogen-bond acceptors (Lipinski definition) is 11. The Morgan fingerprint density at radius 1 is 0.541 bits per heavy atom. The van der Waals surface area contributed by atoms with E-state index in [1.807, 2.05) is 0 Å². The Bertz CT molecular complexity index is 684. The van der Waals surface area contributed by atoms with Crippen molar-refractivity contribution >= 4 is 11.8 Å². The van der Waals surface area contributed by atoms with E-state index in [0.717, 1.165) is 0 Å². The van der Waals surface area contributed by atoms with Crippen molar-refractivity contribution in [3.63, 3.8) is 0 Å². The zero-order valence-corrected chi connectivity index (χ0v) is 21.5. The molecule has 11 nitrogen and oxygen atoms in total. The lowest BCUT2D eigenvalue weighted by Gasteiger charge is -2.08. The first-order valence-corrected chi connectivity index (χ1v) is 12.3. The van der Waals surface area contributed by atoms with E-state index in [9.17, 15) is 9.59 Å². The summed E-state index contributed by atoms with van der Waals surface area (Å²) in [4.78, 5) is 23.5. The molecule has 11 heteroatoms. The second-order valence-electron chi connectivity index (χ2n) is 7.16. The van der Waals surface area contributed by atoms with Crippen LogP contribution in [0.2, 0.25) is 0 Å². The Labute approximate surface area is 218 Å². The van der Waals surface area contributed by atoms with Gasteiger partial charge in [0.05, 0.1) is 98.8 Å². The van der Waals surface area contributed by atoms with E-state index in [-0.39, 0.29) is 13.2 Å². The molecule has 0 N–H and O–H groups in total. The summed E-state index contributed by atoms with van der Waals surface area (Å²) < 4.78 is 47.4. The van der Waals surface area contributed by atoms with Crippen LogP contribution in [0.25, 0.3) is 0 Å². The maximum absolute atomic E-state index is 11.8. The highest BCUT2D eigenvalue weighted by Gasteiger charge is 2.16.